The van der Waals surface area contributed by atoms with Gasteiger partial charge in [0.05, 0.1) is 11.3 Å². The monoisotopic (exact) mass is 394 g/mol. The third-order valence-corrected chi connectivity index (χ3v) is 4.55. The first-order valence-electron chi connectivity index (χ1n) is 9.38. The fourth-order valence-corrected chi connectivity index (χ4v) is 2.99. The van der Waals surface area contributed by atoms with Crippen molar-refractivity contribution >= 4 is 17.3 Å². The van der Waals surface area contributed by atoms with Crippen molar-refractivity contribution in [1.82, 2.24) is 10.2 Å². The number of phenols is 1. The number of unbranched alkanes of at least 4 members (excludes halogenated alkanes) is 2. The van der Waals surface area contributed by atoms with Crippen LogP contribution in [-0.4, -0.2) is 26.4 Å². The maximum atomic E-state index is 12.0. The number of rotatable bonds is 8. The first kappa shape index (κ1) is 20.1. The van der Waals surface area contributed by atoms with Crippen LogP contribution in [-0.2, 0) is 6.42 Å². The Kier molecular flexibility index (Phi) is 6.23. The summed E-state index contributed by atoms with van der Waals surface area (Å²) in [6.45, 7) is 2.10. The SMILES string of the molecule is CCCCCc1[nH][nH]c(=O)c1N=Nc1cccc(-c2cccc(C(=O)O)c2)c1O. The van der Waals surface area contributed by atoms with Crippen LogP contribution in [0.1, 0.15) is 42.2 Å². The third-order valence-electron chi connectivity index (χ3n) is 4.55. The Hall–Kier alpha value is -3.68. The Bertz CT molecular complexity index is 1100. The summed E-state index contributed by atoms with van der Waals surface area (Å²) in [5.41, 5.74) is 1.77. The summed E-state index contributed by atoms with van der Waals surface area (Å²) < 4.78 is 0. The highest BCUT2D eigenvalue weighted by atomic mass is 16.4. The van der Waals surface area contributed by atoms with E-state index in [2.05, 4.69) is 27.3 Å². The van der Waals surface area contributed by atoms with Gasteiger partial charge in [-0.05, 0) is 36.6 Å². The van der Waals surface area contributed by atoms with Crippen molar-refractivity contribution in [3.63, 3.8) is 0 Å². The number of nitrogens with one attached hydrogen (secondary N) is 2. The second-order valence-corrected chi connectivity index (χ2v) is 6.62. The number of aromatic carboxylic acids is 1. The molecule has 1 aromatic heterocycles. The van der Waals surface area contributed by atoms with E-state index in [-0.39, 0.29) is 28.2 Å². The summed E-state index contributed by atoms with van der Waals surface area (Å²) in [4.78, 5) is 23.2. The number of carboxylic acids is 1. The van der Waals surface area contributed by atoms with E-state index < -0.39 is 5.97 Å². The maximum Gasteiger partial charge on any atom is 0.335 e. The number of aromatic amines is 2. The Morgan fingerprint density at radius 3 is 2.62 bits per heavy atom. The van der Waals surface area contributed by atoms with Crippen LogP contribution in [0.3, 0.4) is 0 Å². The van der Waals surface area contributed by atoms with E-state index in [1.165, 1.54) is 12.1 Å². The molecular formula is C21H22N4O4. The van der Waals surface area contributed by atoms with Crippen LogP contribution in [0, 0.1) is 0 Å². The highest BCUT2D eigenvalue weighted by Crippen LogP contribution is 2.38. The molecule has 8 heteroatoms. The van der Waals surface area contributed by atoms with Gasteiger partial charge in [-0.25, -0.2) is 4.79 Å². The zero-order chi connectivity index (χ0) is 20.8. The van der Waals surface area contributed by atoms with Gasteiger partial charge in [0.2, 0.25) is 0 Å². The number of aromatic nitrogens is 2. The highest BCUT2D eigenvalue weighted by molar-refractivity contribution is 5.90. The maximum absolute atomic E-state index is 12.0. The normalized spacial score (nSPS) is 11.2. The number of hydrogen-bond donors (Lipinski definition) is 4. The van der Waals surface area contributed by atoms with Gasteiger partial charge in [0, 0.05) is 5.56 Å². The summed E-state index contributed by atoms with van der Waals surface area (Å²) >= 11 is 0. The van der Waals surface area contributed by atoms with Gasteiger partial charge >= 0.3 is 5.97 Å². The van der Waals surface area contributed by atoms with Gasteiger partial charge in [-0.2, -0.15) is 0 Å². The van der Waals surface area contributed by atoms with Crippen LogP contribution in [0.5, 0.6) is 5.75 Å². The molecule has 4 N–H and O–H groups in total. The Labute approximate surface area is 166 Å². The van der Waals surface area contributed by atoms with Crippen molar-refractivity contribution in [1.29, 1.82) is 0 Å². The second-order valence-electron chi connectivity index (χ2n) is 6.62. The van der Waals surface area contributed by atoms with E-state index in [0.717, 1.165) is 19.3 Å². The Morgan fingerprint density at radius 2 is 1.86 bits per heavy atom. The molecule has 0 aliphatic heterocycles. The van der Waals surface area contributed by atoms with Crippen LogP contribution in [0.4, 0.5) is 11.4 Å². The van der Waals surface area contributed by atoms with Crippen molar-refractivity contribution in [2.45, 2.75) is 32.6 Å². The molecule has 0 amide bonds. The van der Waals surface area contributed by atoms with Crippen molar-refractivity contribution in [3.05, 3.63) is 64.1 Å². The lowest BCUT2D eigenvalue weighted by atomic mass is 10.0. The van der Waals surface area contributed by atoms with Gasteiger partial charge in [0.15, 0.2) is 11.4 Å². The van der Waals surface area contributed by atoms with Gasteiger partial charge < -0.3 is 10.2 Å². The van der Waals surface area contributed by atoms with Crippen molar-refractivity contribution < 1.29 is 15.0 Å². The molecule has 0 bridgehead atoms. The van der Waals surface area contributed by atoms with Gasteiger partial charge in [0.25, 0.3) is 5.56 Å². The number of nitrogens with zero attached hydrogens (tertiary/aromatic N) is 2. The average molecular weight is 394 g/mol. The number of H-pyrrole nitrogens is 2. The number of benzene rings is 2. The quantitative estimate of drug-likeness (QED) is 0.319. The molecule has 3 rings (SSSR count). The van der Waals surface area contributed by atoms with E-state index in [1.807, 2.05) is 0 Å². The summed E-state index contributed by atoms with van der Waals surface area (Å²) in [6.07, 6.45) is 3.71. The van der Waals surface area contributed by atoms with E-state index in [0.29, 0.717) is 23.2 Å². The van der Waals surface area contributed by atoms with Crippen LogP contribution in [0.2, 0.25) is 0 Å². The predicted molar refractivity (Wildman–Crippen MR) is 109 cm³/mol. The molecule has 8 nitrogen and oxygen atoms in total. The second kappa shape index (κ2) is 9.01. The fraction of sp³-hybridized carbons (Fsp3) is 0.238. The van der Waals surface area contributed by atoms with Gasteiger partial charge in [-0.3, -0.25) is 15.0 Å². The first-order chi connectivity index (χ1) is 14.0. The molecule has 0 radical (unpaired) electrons. The smallest absolute Gasteiger partial charge is 0.335 e. The van der Waals surface area contributed by atoms with E-state index in [4.69, 9.17) is 5.11 Å². The summed E-state index contributed by atoms with van der Waals surface area (Å²) in [5.74, 6) is -1.19. The molecule has 0 spiro atoms. The Morgan fingerprint density at radius 1 is 1.07 bits per heavy atom. The van der Waals surface area contributed by atoms with Crippen molar-refractivity contribution in [3.8, 4) is 16.9 Å². The zero-order valence-electron chi connectivity index (χ0n) is 16.0. The Balaban J connectivity index is 1.91. The zero-order valence-corrected chi connectivity index (χ0v) is 16.0. The first-order valence-corrected chi connectivity index (χ1v) is 9.38. The minimum atomic E-state index is -1.05. The number of carbonyl (C=O) groups is 1. The molecule has 0 aliphatic carbocycles. The summed E-state index contributed by atoms with van der Waals surface area (Å²) in [6, 6.07) is 11.2. The molecule has 0 fully saturated rings. The molecule has 2 aromatic carbocycles. The number of para-hydroxylation sites is 1. The molecule has 0 aliphatic rings. The molecule has 0 atom stereocenters. The summed E-state index contributed by atoms with van der Waals surface area (Å²) in [5, 5.41) is 33.2. The number of hydrogen-bond acceptors (Lipinski definition) is 5. The molecular weight excluding hydrogens is 372 g/mol. The number of aromatic hydroxyl groups is 1. The van der Waals surface area contributed by atoms with Crippen molar-refractivity contribution in [2.75, 3.05) is 0 Å². The standard InChI is InChI=1S/C21H22N4O4/c1-2-3-4-10-16-18(20(27)25-22-16)24-23-17-11-6-9-15(19(17)26)13-7-5-8-14(12-13)21(28)29/h5-9,11-12,26H,2-4,10H2,1H3,(H,28,29)(H2,22,25,27). The van der Waals surface area contributed by atoms with Crippen LogP contribution < -0.4 is 5.56 Å². The van der Waals surface area contributed by atoms with Gasteiger partial charge in [-0.15, -0.1) is 10.2 Å². The third kappa shape index (κ3) is 4.60. The highest BCUT2D eigenvalue weighted by Gasteiger charge is 2.13. The molecule has 29 heavy (non-hydrogen) atoms. The van der Waals surface area contributed by atoms with E-state index in [9.17, 15) is 14.7 Å². The lowest BCUT2D eigenvalue weighted by Gasteiger charge is -2.07. The molecule has 150 valence electrons. The lowest BCUT2D eigenvalue weighted by Crippen LogP contribution is -1.97. The average Bonchev–Trinajstić information content (AvgIpc) is 3.07. The topological polar surface area (TPSA) is 131 Å². The van der Waals surface area contributed by atoms with E-state index in [1.54, 1.807) is 30.3 Å². The number of phenolic OH excluding ortho intramolecular Hbond substituents is 1. The molecule has 0 unspecified atom stereocenters. The van der Waals surface area contributed by atoms with Gasteiger partial charge in [0.1, 0.15) is 5.69 Å². The minimum absolute atomic E-state index is 0.115. The van der Waals surface area contributed by atoms with Crippen LogP contribution >= 0.6 is 0 Å². The fourth-order valence-electron chi connectivity index (χ4n) is 2.99. The molecule has 0 saturated heterocycles. The predicted octanol–water partition coefficient (Wildman–Crippen LogP) is 4.92. The minimum Gasteiger partial charge on any atom is -0.505 e. The van der Waals surface area contributed by atoms with Gasteiger partial charge in [-0.1, -0.05) is 44.0 Å². The lowest BCUT2D eigenvalue weighted by molar-refractivity contribution is 0.0697. The molecule has 3 aromatic rings. The number of carboxylic acid groups (broad SMARTS) is 1. The number of azo groups is 1. The summed E-state index contributed by atoms with van der Waals surface area (Å²) in [7, 11) is 0. The van der Waals surface area contributed by atoms with Crippen LogP contribution in [0.25, 0.3) is 11.1 Å². The van der Waals surface area contributed by atoms with E-state index >= 15 is 0 Å². The van der Waals surface area contributed by atoms with Crippen molar-refractivity contribution in [2.24, 2.45) is 10.2 Å². The number of aryl methyl sites for hydroxylation is 1. The largest absolute Gasteiger partial charge is 0.505 e. The molecule has 0 saturated carbocycles. The molecule has 1 heterocycles. The van der Waals surface area contributed by atoms with Crippen LogP contribution in [0.15, 0.2) is 57.5 Å².